The number of hydrogen-bond donors (Lipinski definition) is 2. The van der Waals surface area contributed by atoms with Crippen molar-refractivity contribution in [3.63, 3.8) is 0 Å². The van der Waals surface area contributed by atoms with Crippen molar-refractivity contribution in [1.82, 2.24) is 10.6 Å². The van der Waals surface area contributed by atoms with Gasteiger partial charge in [0.25, 0.3) is 0 Å². The third kappa shape index (κ3) is 5.33. The standard InChI is InChI=1S/C19H25N3O/c1-4-20-19(21-13-16-8-6-5-7-9-16)22-14-17-11-10-15(2)12-18(17)23-3/h5-12H,4,13-14H2,1-3H3,(H2,20,21,22). The molecule has 0 aromatic heterocycles. The molecule has 0 aliphatic rings. The van der Waals surface area contributed by atoms with Gasteiger partial charge in [-0.15, -0.1) is 0 Å². The molecule has 0 saturated heterocycles. The first kappa shape index (κ1) is 16.9. The van der Waals surface area contributed by atoms with Crippen LogP contribution in [0.1, 0.15) is 23.6 Å². The van der Waals surface area contributed by atoms with Gasteiger partial charge in [-0.25, -0.2) is 4.99 Å². The van der Waals surface area contributed by atoms with E-state index in [1.54, 1.807) is 7.11 Å². The Kier molecular flexibility index (Phi) is 6.48. The van der Waals surface area contributed by atoms with Gasteiger partial charge in [0.1, 0.15) is 5.75 Å². The Bertz CT molecular complexity index is 638. The lowest BCUT2D eigenvalue weighted by Crippen LogP contribution is -2.36. The lowest BCUT2D eigenvalue weighted by Gasteiger charge is -2.14. The van der Waals surface area contributed by atoms with Crippen LogP contribution < -0.4 is 15.4 Å². The normalized spacial score (nSPS) is 11.2. The molecule has 0 aliphatic carbocycles. The van der Waals surface area contributed by atoms with Crippen LogP contribution in [0.5, 0.6) is 5.75 Å². The first-order chi connectivity index (χ1) is 11.2. The highest BCUT2D eigenvalue weighted by atomic mass is 16.5. The lowest BCUT2D eigenvalue weighted by molar-refractivity contribution is 0.408. The zero-order valence-electron chi connectivity index (χ0n) is 14.1. The van der Waals surface area contributed by atoms with E-state index in [1.165, 1.54) is 11.1 Å². The van der Waals surface area contributed by atoms with Gasteiger partial charge in [-0.2, -0.15) is 0 Å². The SMILES string of the molecule is CCNC(=NCc1ccccc1)NCc1ccc(C)cc1OC. The van der Waals surface area contributed by atoms with Gasteiger partial charge in [0.05, 0.1) is 13.7 Å². The fourth-order valence-electron chi connectivity index (χ4n) is 2.27. The number of benzene rings is 2. The molecular weight excluding hydrogens is 286 g/mol. The summed E-state index contributed by atoms with van der Waals surface area (Å²) in [5.74, 6) is 1.70. The number of aliphatic imine (C=N–C) groups is 1. The molecule has 0 fully saturated rings. The third-order valence-electron chi connectivity index (χ3n) is 3.50. The van der Waals surface area contributed by atoms with Gasteiger partial charge in [0.15, 0.2) is 5.96 Å². The number of guanidine groups is 1. The second-order valence-corrected chi connectivity index (χ2v) is 5.35. The van der Waals surface area contributed by atoms with E-state index in [0.29, 0.717) is 13.1 Å². The molecule has 0 heterocycles. The van der Waals surface area contributed by atoms with Gasteiger partial charge < -0.3 is 15.4 Å². The zero-order valence-corrected chi connectivity index (χ0v) is 14.1. The topological polar surface area (TPSA) is 45.7 Å². The first-order valence-electron chi connectivity index (χ1n) is 7.92. The number of methoxy groups -OCH3 is 1. The quantitative estimate of drug-likeness (QED) is 0.636. The maximum absolute atomic E-state index is 5.45. The fraction of sp³-hybridized carbons (Fsp3) is 0.316. The summed E-state index contributed by atoms with van der Waals surface area (Å²) >= 11 is 0. The van der Waals surface area contributed by atoms with E-state index in [2.05, 4.69) is 53.7 Å². The van der Waals surface area contributed by atoms with E-state index < -0.39 is 0 Å². The van der Waals surface area contributed by atoms with Crippen molar-refractivity contribution < 1.29 is 4.74 Å². The van der Waals surface area contributed by atoms with Crippen LogP contribution in [-0.2, 0) is 13.1 Å². The van der Waals surface area contributed by atoms with Crippen LogP contribution in [0.4, 0.5) is 0 Å². The summed E-state index contributed by atoms with van der Waals surface area (Å²) in [7, 11) is 1.70. The molecule has 23 heavy (non-hydrogen) atoms. The van der Waals surface area contributed by atoms with E-state index in [4.69, 9.17) is 4.74 Å². The summed E-state index contributed by atoms with van der Waals surface area (Å²) in [4.78, 5) is 4.63. The highest BCUT2D eigenvalue weighted by Crippen LogP contribution is 2.19. The summed E-state index contributed by atoms with van der Waals surface area (Å²) in [6.07, 6.45) is 0. The number of hydrogen-bond acceptors (Lipinski definition) is 2. The van der Waals surface area contributed by atoms with Crippen molar-refractivity contribution >= 4 is 5.96 Å². The minimum absolute atomic E-state index is 0.654. The Hall–Kier alpha value is -2.49. The maximum atomic E-state index is 5.45. The summed E-state index contributed by atoms with van der Waals surface area (Å²) in [6.45, 7) is 6.27. The van der Waals surface area contributed by atoms with Gasteiger partial charge in [0, 0.05) is 18.7 Å². The summed E-state index contributed by atoms with van der Waals surface area (Å²) in [5, 5.41) is 6.63. The number of nitrogens with zero attached hydrogens (tertiary/aromatic N) is 1. The van der Waals surface area contributed by atoms with Crippen LogP contribution in [-0.4, -0.2) is 19.6 Å². The van der Waals surface area contributed by atoms with Crippen LogP contribution in [0.25, 0.3) is 0 Å². The number of ether oxygens (including phenoxy) is 1. The molecule has 0 unspecified atom stereocenters. The molecule has 122 valence electrons. The second kappa shape index (κ2) is 8.83. The Morgan fingerprint density at radius 1 is 1.09 bits per heavy atom. The monoisotopic (exact) mass is 311 g/mol. The molecule has 0 radical (unpaired) electrons. The largest absolute Gasteiger partial charge is 0.496 e. The predicted molar refractivity (Wildman–Crippen MR) is 95.8 cm³/mol. The molecule has 0 atom stereocenters. The van der Waals surface area contributed by atoms with Crippen LogP contribution in [0.3, 0.4) is 0 Å². The second-order valence-electron chi connectivity index (χ2n) is 5.35. The van der Waals surface area contributed by atoms with Crippen LogP contribution >= 0.6 is 0 Å². The number of nitrogens with one attached hydrogen (secondary N) is 2. The van der Waals surface area contributed by atoms with Crippen LogP contribution in [0.2, 0.25) is 0 Å². The summed E-state index contributed by atoms with van der Waals surface area (Å²) < 4.78 is 5.45. The Morgan fingerprint density at radius 2 is 1.87 bits per heavy atom. The van der Waals surface area contributed by atoms with Crippen LogP contribution in [0.15, 0.2) is 53.5 Å². The van der Waals surface area contributed by atoms with Gasteiger partial charge in [-0.3, -0.25) is 0 Å². The highest BCUT2D eigenvalue weighted by Gasteiger charge is 2.04. The van der Waals surface area contributed by atoms with E-state index in [-0.39, 0.29) is 0 Å². The average molecular weight is 311 g/mol. The number of rotatable bonds is 6. The van der Waals surface area contributed by atoms with E-state index in [0.717, 1.165) is 23.8 Å². The van der Waals surface area contributed by atoms with Crippen molar-refractivity contribution in [3.05, 3.63) is 65.2 Å². The predicted octanol–water partition coefficient (Wildman–Crippen LogP) is 3.26. The Labute approximate surface area is 138 Å². The van der Waals surface area contributed by atoms with Gasteiger partial charge in [-0.05, 0) is 31.0 Å². The number of aryl methyl sites for hydroxylation is 1. The first-order valence-corrected chi connectivity index (χ1v) is 7.92. The zero-order chi connectivity index (χ0) is 16.5. The Morgan fingerprint density at radius 3 is 2.57 bits per heavy atom. The molecule has 0 saturated carbocycles. The molecule has 2 aromatic rings. The smallest absolute Gasteiger partial charge is 0.191 e. The van der Waals surface area contributed by atoms with Crippen LogP contribution in [0, 0.1) is 6.92 Å². The molecule has 0 amide bonds. The van der Waals surface area contributed by atoms with Crippen molar-refractivity contribution in [2.45, 2.75) is 26.9 Å². The molecule has 2 N–H and O–H groups in total. The van der Waals surface area contributed by atoms with Crippen molar-refractivity contribution in [2.75, 3.05) is 13.7 Å². The van der Waals surface area contributed by atoms with E-state index in [1.807, 2.05) is 24.3 Å². The minimum Gasteiger partial charge on any atom is -0.496 e. The van der Waals surface area contributed by atoms with Gasteiger partial charge >= 0.3 is 0 Å². The molecule has 4 heteroatoms. The lowest BCUT2D eigenvalue weighted by atomic mass is 10.1. The highest BCUT2D eigenvalue weighted by molar-refractivity contribution is 5.79. The van der Waals surface area contributed by atoms with Gasteiger partial charge in [-0.1, -0.05) is 42.5 Å². The van der Waals surface area contributed by atoms with Gasteiger partial charge in [0.2, 0.25) is 0 Å². The third-order valence-corrected chi connectivity index (χ3v) is 3.50. The van der Waals surface area contributed by atoms with E-state index >= 15 is 0 Å². The summed E-state index contributed by atoms with van der Waals surface area (Å²) in [6, 6.07) is 16.5. The summed E-state index contributed by atoms with van der Waals surface area (Å²) in [5.41, 5.74) is 3.50. The average Bonchev–Trinajstić information content (AvgIpc) is 2.59. The molecular formula is C19H25N3O. The minimum atomic E-state index is 0.654. The molecule has 2 aromatic carbocycles. The fourth-order valence-corrected chi connectivity index (χ4v) is 2.27. The van der Waals surface area contributed by atoms with Crippen molar-refractivity contribution in [3.8, 4) is 5.75 Å². The van der Waals surface area contributed by atoms with E-state index in [9.17, 15) is 0 Å². The maximum Gasteiger partial charge on any atom is 0.191 e. The molecule has 0 aliphatic heterocycles. The van der Waals surface area contributed by atoms with Crippen molar-refractivity contribution in [2.24, 2.45) is 4.99 Å². The molecule has 4 nitrogen and oxygen atoms in total. The molecule has 0 bridgehead atoms. The Balaban J connectivity index is 2.02. The molecule has 2 rings (SSSR count). The molecule has 0 spiro atoms. The van der Waals surface area contributed by atoms with Crippen molar-refractivity contribution in [1.29, 1.82) is 0 Å².